The summed E-state index contributed by atoms with van der Waals surface area (Å²) in [5.41, 5.74) is 0.716. The van der Waals surface area contributed by atoms with Gasteiger partial charge in [0.25, 0.3) is 0 Å². The Morgan fingerprint density at radius 3 is 2.36 bits per heavy atom. The zero-order valence-electron chi connectivity index (χ0n) is 7.58. The summed E-state index contributed by atoms with van der Waals surface area (Å²) in [5, 5.41) is 7.68. The standard InChI is InChI=1S/C10H10ClFO2/c1-6(9(11)10(13)14)7-2-4-8(12)5-3-7/h2-6,9H,1H3,(H,13,14). The lowest BCUT2D eigenvalue weighted by Gasteiger charge is -2.14. The van der Waals surface area contributed by atoms with Crippen LogP contribution in [0.25, 0.3) is 0 Å². The van der Waals surface area contributed by atoms with Crippen LogP contribution in [-0.2, 0) is 4.79 Å². The minimum absolute atomic E-state index is 0.338. The van der Waals surface area contributed by atoms with Crippen molar-refractivity contribution in [2.45, 2.75) is 18.2 Å². The van der Waals surface area contributed by atoms with Gasteiger partial charge in [0.15, 0.2) is 0 Å². The van der Waals surface area contributed by atoms with E-state index < -0.39 is 11.3 Å². The van der Waals surface area contributed by atoms with Crippen LogP contribution in [0.2, 0.25) is 0 Å². The second-order valence-electron chi connectivity index (χ2n) is 3.08. The molecule has 0 aliphatic carbocycles. The first kappa shape index (κ1) is 11.0. The molecule has 2 atom stereocenters. The van der Waals surface area contributed by atoms with Gasteiger partial charge in [0, 0.05) is 5.92 Å². The van der Waals surface area contributed by atoms with Gasteiger partial charge < -0.3 is 5.11 Å². The second kappa shape index (κ2) is 4.42. The highest BCUT2D eigenvalue weighted by Gasteiger charge is 2.22. The Balaban J connectivity index is 2.84. The van der Waals surface area contributed by atoms with Crippen molar-refractivity contribution in [2.24, 2.45) is 0 Å². The van der Waals surface area contributed by atoms with E-state index in [4.69, 9.17) is 16.7 Å². The topological polar surface area (TPSA) is 37.3 Å². The van der Waals surface area contributed by atoms with E-state index >= 15 is 0 Å². The van der Waals surface area contributed by atoms with Crippen molar-refractivity contribution >= 4 is 17.6 Å². The van der Waals surface area contributed by atoms with E-state index in [0.29, 0.717) is 5.56 Å². The number of alkyl halides is 1. The summed E-state index contributed by atoms with van der Waals surface area (Å²) in [4.78, 5) is 10.6. The third kappa shape index (κ3) is 2.45. The van der Waals surface area contributed by atoms with Crippen molar-refractivity contribution in [1.82, 2.24) is 0 Å². The first-order chi connectivity index (χ1) is 6.52. The van der Waals surface area contributed by atoms with Crippen molar-refractivity contribution < 1.29 is 14.3 Å². The van der Waals surface area contributed by atoms with Gasteiger partial charge in [-0.25, -0.2) is 4.39 Å². The highest BCUT2D eigenvalue weighted by molar-refractivity contribution is 6.30. The molecule has 4 heteroatoms. The maximum Gasteiger partial charge on any atom is 0.322 e. The van der Waals surface area contributed by atoms with Crippen LogP contribution < -0.4 is 0 Å². The van der Waals surface area contributed by atoms with Crippen molar-refractivity contribution in [3.63, 3.8) is 0 Å². The summed E-state index contributed by atoms with van der Waals surface area (Å²) in [6, 6.07) is 5.66. The highest BCUT2D eigenvalue weighted by Crippen LogP contribution is 2.23. The zero-order valence-corrected chi connectivity index (χ0v) is 8.33. The summed E-state index contributed by atoms with van der Waals surface area (Å²) in [6.45, 7) is 1.69. The number of benzene rings is 1. The minimum Gasteiger partial charge on any atom is -0.480 e. The van der Waals surface area contributed by atoms with Crippen LogP contribution in [-0.4, -0.2) is 16.5 Å². The first-order valence-electron chi connectivity index (χ1n) is 4.14. The molecule has 2 nitrogen and oxygen atoms in total. The molecule has 0 radical (unpaired) electrons. The van der Waals surface area contributed by atoms with Gasteiger partial charge in [-0.3, -0.25) is 4.79 Å². The molecule has 0 aromatic heterocycles. The Bertz CT molecular complexity index is 323. The molecule has 0 spiro atoms. The first-order valence-corrected chi connectivity index (χ1v) is 4.58. The molecule has 0 aliphatic heterocycles. The average molecular weight is 217 g/mol. The van der Waals surface area contributed by atoms with Crippen molar-refractivity contribution in [3.05, 3.63) is 35.6 Å². The quantitative estimate of drug-likeness (QED) is 0.789. The van der Waals surface area contributed by atoms with Crippen LogP contribution in [0.3, 0.4) is 0 Å². The molecule has 76 valence electrons. The molecule has 1 N–H and O–H groups in total. The van der Waals surface area contributed by atoms with Gasteiger partial charge in [0.1, 0.15) is 11.2 Å². The Morgan fingerprint density at radius 2 is 1.93 bits per heavy atom. The molecule has 2 unspecified atom stereocenters. The number of hydrogen-bond donors (Lipinski definition) is 1. The zero-order chi connectivity index (χ0) is 10.7. The second-order valence-corrected chi connectivity index (χ2v) is 3.55. The molecule has 0 bridgehead atoms. The molecule has 1 aromatic carbocycles. The van der Waals surface area contributed by atoms with Gasteiger partial charge in [-0.1, -0.05) is 19.1 Å². The molecule has 0 saturated heterocycles. The Kier molecular flexibility index (Phi) is 3.47. The van der Waals surface area contributed by atoms with Crippen molar-refractivity contribution in [1.29, 1.82) is 0 Å². The smallest absolute Gasteiger partial charge is 0.322 e. The maximum absolute atomic E-state index is 12.6. The number of rotatable bonds is 3. The van der Waals surface area contributed by atoms with Crippen LogP contribution in [0.15, 0.2) is 24.3 Å². The molecule has 0 amide bonds. The van der Waals surface area contributed by atoms with Gasteiger partial charge >= 0.3 is 5.97 Å². The fraction of sp³-hybridized carbons (Fsp3) is 0.300. The summed E-state index contributed by atoms with van der Waals surface area (Å²) in [6.07, 6.45) is 0. The molecule has 1 aromatic rings. The Hall–Kier alpha value is -1.09. The number of carboxylic acids is 1. The van der Waals surface area contributed by atoms with Crippen molar-refractivity contribution in [2.75, 3.05) is 0 Å². The van der Waals surface area contributed by atoms with Gasteiger partial charge in [-0.05, 0) is 17.7 Å². The molecular weight excluding hydrogens is 207 g/mol. The molecular formula is C10H10ClFO2. The maximum atomic E-state index is 12.6. The Labute approximate surface area is 86.3 Å². The molecule has 1 rings (SSSR count). The van der Waals surface area contributed by atoms with E-state index in [1.54, 1.807) is 19.1 Å². The van der Waals surface area contributed by atoms with Gasteiger partial charge in [-0.2, -0.15) is 0 Å². The monoisotopic (exact) mass is 216 g/mol. The minimum atomic E-state index is -1.07. The van der Waals surface area contributed by atoms with Gasteiger partial charge in [-0.15, -0.1) is 11.6 Å². The predicted octanol–water partition coefficient (Wildman–Crippen LogP) is 2.62. The third-order valence-electron chi connectivity index (χ3n) is 2.07. The summed E-state index contributed by atoms with van der Waals surface area (Å²) in [7, 11) is 0. The summed E-state index contributed by atoms with van der Waals surface area (Å²) < 4.78 is 12.6. The number of aliphatic carboxylic acids is 1. The van der Waals surface area contributed by atoms with E-state index in [2.05, 4.69) is 0 Å². The number of carbonyl (C=O) groups is 1. The van der Waals surface area contributed by atoms with Crippen LogP contribution in [0.4, 0.5) is 4.39 Å². The Morgan fingerprint density at radius 1 is 1.43 bits per heavy atom. The fourth-order valence-corrected chi connectivity index (χ4v) is 1.29. The van der Waals surface area contributed by atoms with Crippen molar-refractivity contribution in [3.8, 4) is 0 Å². The van der Waals surface area contributed by atoms with Crippen LogP contribution in [0, 0.1) is 5.82 Å². The molecule has 0 aliphatic rings. The van der Waals surface area contributed by atoms with E-state index in [9.17, 15) is 9.18 Å². The molecule has 0 saturated carbocycles. The van der Waals surface area contributed by atoms with E-state index in [-0.39, 0.29) is 11.7 Å². The van der Waals surface area contributed by atoms with Crippen LogP contribution in [0.1, 0.15) is 18.4 Å². The van der Waals surface area contributed by atoms with Gasteiger partial charge in [0.2, 0.25) is 0 Å². The van der Waals surface area contributed by atoms with Gasteiger partial charge in [0.05, 0.1) is 0 Å². The molecule has 0 heterocycles. The lowest BCUT2D eigenvalue weighted by Crippen LogP contribution is -2.20. The summed E-state index contributed by atoms with van der Waals surface area (Å²) in [5.74, 6) is -1.75. The van der Waals surface area contributed by atoms with Crippen LogP contribution >= 0.6 is 11.6 Å². The SMILES string of the molecule is CC(c1ccc(F)cc1)C(Cl)C(=O)O. The lowest BCUT2D eigenvalue weighted by molar-refractivity contribution is -0.136. The highest BCUT2D eigenvalue weighted by atomic mass is 35.5. The molecule has 14 heavy (non-hydrogen) atoms. The largest absolute Gasteiger partial charge is 0.480 e. The molecule has 0 fully saturated rings. The predicted molar refractivity (Wildman–Crippen MR) is 52.1 cm³/mol. The van der Waals surface area contributed by atoms with Crippen LogP contribution in [0.5, 0.6) is 0 Å². The average Bonchev–Trinajstić information content (AvgIpc) is 2.16. The van der Waals surface area contributed by atoms with E-state index in [0.717, 1.165) is 0 Å². The van der Waals surface area contributed by atoms with E-state index in [1.807, 2.05) is 0 Å². The number of hydrogen-bond acceptors (Lipinski definition) is 1. The number of halogens is 2. The van der Waals surface area contributed by atoms with E-state index in [1.165, 1.54) is 12.1 Å². The number of carboxylic acid groups (broad SMARTS) is 1. The normalized spacial score (nSPS) is 14.8. The fourth-order valence-electron chi connectivity index (χ4n) is 1.15. The lowest BCUT2D eigenvalue weighted by atomic mass is 9.97. The third-order valence-corrected chi connectivity index (χ3v) is 2.64. The summed E-state index contributed by atoms with van der Waals surface area (Å²) >= 11 is 5.65.